The molecule has 20 heavy (non-hydrogen) atoms. The number of aliphatic hydroxyl groups excluding tert-OH is 1. The summed E-state index contributed by atoms with van der Waals surface area (Å²) in [5.41, 5.74) is 4.09. The molecule has 2 atom stereocenters. The standard InChI is InChI=1S/C17H26O3/c1-6-8-14(17(19)20-7-2)16(18)15-12(4)9-11(3)10-13(15)5/h9-10,14,16,18H,6-8H2,1-5H3. The van der Waals surface area contributed by atoms with Crippen LogP contribution in [0.5, 0.6) is 0 Å². The summed E-state index contributed by atoms with van der Waals surface area (Å²) in [5, 5.41) is 10.7. The van der Waals surface area contributed by atoms with Crippen molar-refractivity contribution >= 4 is 5.97 Å². The molecule has 0 saturated heterocycles. The van der Waals surface area contributed by atoms with Crippen LogP contribution in [-0.2, 0) is 9.53 Å². The number of hydrogen-bond acceptors (Lipinski definition) is 3. The van der Waals surface area contributed by atoms with Gasteiger partial charge in [-0.05, 0) is 50.8 Å². The lowest BCUT2D eigenvalue weighted by atomic mass is 9.86. The number of ether oxygens (including phenoxy) is 1. The van der Waals surface area contributed by atoms with Gasteiger partial charge in [0.2, 0.25) is 0 Å². The van der Waals surface area contributed by atoms with Crippen molar-refractivity contribution in [2.45, 2.75) is 53.6 Å². The van der Waals surface area contributed by atoms with Gasteiger partial charge in [-0.25, -0.2) is 0 Å². The quantitative estimate of drug-likeness (QED) is 0.808. The molecular weight excluding hydrogens is 252 g/mol. The molecule has 1 aromatic rings. The third-order valence-corrected chi connectivity index (χ3v) is 3.60. The first kappa shape index (κ1) is 16.7. The fraction of sp³-hybridized carbons (Fsp3) is 0.588. The summed E-state index contributed by atoms with van der Waals surface area (Å²) in [6, 6.07) is 4.08. The Bertz CT molecular complexity index is 442. The Morgan fingerprint density at radius 2 is 1.75 bits per heavy atom. The van der Waals surface area contributed by atoms with Crippen LogP contribution in [-0.4, -0.2) is 17.7 Å². The number of esters is 1. The Morgan fingerprint density at radius 1 is 1.20 bits per heavy atom. The lowest BCUT2D eigenvalue weighted by Gasteiger charge is -2.24. The van der Waals surface area contributed by atoms with Gasteiger partial charge < -0.3 is 9.84 Å². The summed E-state index contributed by atoms with van der Waals surface area (Å²) in [5.74, 6) is -0.790. The zero-order chi connectivity index (χ0) is 15.3. The maximum absolute atomic E-state index is 12.1. The van der Waals surface area contributed by atoms with Gasteiger partial charge in [0.05, 0.1) is 18.6 Å². The van der Waals surface area contributed by atoms with Crippen LogP contribution in [0.1, 0.15) is 55.0 Å². The van der Waals surface area contributed by atoms with Crippen LogP contribution in [0, 0.1) is 26.7 Å². The lowest BCUT2D eigenvalue weighted by Crippen LogP contribution is -2.25. The topological polar surface area (TPSA) is 46.5 Å². The highest BCUT2D eigenvalue weighted by molar-refractivity contribution is 5.73. The molecule has 0 aromatic heterocycles. The molecule has 2 unspecified atom stereocenters. The average molecular weight is 278 g/mol. The molecule has 0 aliphatic rings. The highest BCUT2D eigenvalue weighted by Gasteiger charge is 2.30. The van der Waals surface area contributed by atoms with Crippen molar-refractivity contribution in [2.24, 2.45) is 5.92 Å². The molecule has 0 aliphatic heterocycles. The number of rotatable bonds is 6. The van der Waals surface area contributed by atoms with Gasteiger partial charge >= 0.3 is 5.97 Å². The molecule has 1 aromatic carbocycles. The van der Waals surface area contributed by atoms with E-state index in [1.807, 2.05) is 39.8 Å². The van der Waals surface area contributed by atoms with E-state index in [2.05, 4.69) is 0 Å². The van der Waals surface area contributed by atoms with E-state index in [9.17, 15) is 9.90 Å². The van der Waals surface area contributed by atoms with Crippen LogP contribution in [0.15, 0.2) is 12.1 Å². The van der Waals surface area contributed by atoms with Gasteiger partial charge in [-0.2, -0.15) is 0 Å². The van der Waals surface area contributed by atoms with Gasteiger partial charge in [-0.3, -0.25) is 4.79 Å². The van der Waals surface area contributed by atoms with Gasteiger partial charge in [0.25, 0.3) is 0 Å². The summed E-state index contributed by atoms with van der Waals surface area (Å²) in [6.45, 7) is 10.1. The zero-order valence-electron chi connectivity index (χ0n) is 13.2. The van der Waals surface area contributed by atoms with Crippen LogP contribution in [0.4, 0.5) is 0 Å². The van der Waals surface area contributed by atoms with E-state index >= 15 is 0 Å². The van der Waals surface area contributed by atoms with E-state index in [0.717, 1.165) is 23.1 Å². The average Bonchev–Trinajstić information content (AvgIpc) is 2.34. The minimum Gasteiger partial charge on any atom is -0.466 e. The Hall–Kier alpha value is -1.35. The Balaban J connectivity index is 3.12. The second-order valence-corrected chi connectivity index (χ2v) is 5.40. The second kappa shape index (κ2) is 7.44. The van der Waals surface area contributed by atoms with Gasteiger partial charge in [0.15, 0.2) is 0 Å². The zero-order valence-corrected chi connectivity index (χ0v) is 13.2. The summed E-state index contributed by atoms with van der Waals surface area (Å²) in [4.78, 5) is 12.1. The third kappa shape index (κ3) is 3.83. The van der Waals surface area contributed by atoms with Crippen molar-refractivity contribution in [2.75, 3.05) is 6.61 Å². The molecule has 0 amide bonds. The number of carbonyl (C=O) groups excluding carboxylic acids is 1. The predicted molar refractivity (Wildman–Crippen MR) is 80.6 cm³/mol. The number of aliphatic hydroxyl groups is 1. The summed E-state index contributed by atoms with van der Waals surface area (Å²) in [7, 11) is 0. The number of hydrogen-bond donors (Lipinski definition) is 1. The fourth-order valence-electron chi connectivity index (χ4n) is 2.82. The predicted octanol–water partition coefficient (Wildman–Crippen LogP) is 3.62. The lowest BCUT2D eigenvalue weighted by molar-refractivity contribution is -0.152. The molecule has 112 valence electrons. The van der Waals surface area contributed by atoms with Crippen molar-refractivity contribution in [1.82, 2.24) is 0 Å². The summed E-state index contributed by atoms with van der Waals surface area (Å²) >= 11 is 0. The Morgan fingerprint density at radius 3 is 2.20 bits per heavy atom. The van der Waals surface area contributed by atoms with E-state index in [0.29, 0.717) is 13.0 Å². The van der Waals surface area contributed by atoms with Crippen LogP contribution in [0.3, 0.4) is 0 Å². The molecular formula is C17H26O3. The van der Waals surface area contributed by atoms with Gasteiger partial charge in [0, 0.05) is 0 Å². The molecule has 0 radical (unpaired) electrons. The normalized spacial score (nSPS) is 13.9. The van der Waals surface area contributed by atoms with Crippen molar-refractivity contribution in [3.8, 4) is 0 Å². The Labute approximate surface area is 122 Å². The second-order valence-electron chi connectivity index (χ2n) is 5.40. The maximum atomic E-state index is 12.1. The fourth-order valence-corrected chi connectivity index (χ4v) is 2.82. The van der Waals surface area contributed by atoms with Gasteiger partial charge in [-0.1, -0.05) is 31.0 Å². The first-order chi connectivity index (χ1) is 9.42. The van der Waals surface area contributed by atoms with Crippen LogP contribution in [0.25, 0.3) is 0 Å². The van der Waals surface area contributed by atoms with E-state index in [1.54, 1.807) is 6.92 Å². The first-order valence-electron chi connectivity index (χ1n) is 7.34. The molecule has 1 rings (SSSR count). The van der Waals surface area contributed by atoms with Crippen LogP contribution < -0.4 is 0 Å². The van der Waals surface area contributed by atoms with Gasteiger partial charge in [-0.15, -0.1) is 0 Å². The SMILES string of the molecule is CCCC(C(=O)OCC)C(O)c1c(C)cc(C)cc1C. The highest BCUT2D eigenvalue weighted by Crippen LogP contribution is 2.32. The number of aryl methyl sites for hydroxylation is 3. The minimum atomic E-state index is -0.797. The molecule has 0 fully saturated rings. The number of benzene rings is 1. The van der Waals surface area contributed by atoms with E-state index in [1.165, 1.54) is 5.56 Å². The molecule has 0 heterocycles. The molecule has 3 heteroatoms. The molecule has 1 N–H and O–H groups in total. The minimum absolute atomic E-state index is 0.304. The molecule has 3 nitrogen and oxygen atoms in total. The molecule has 0 aliphatic carbocycles. The summed E-state index contributed by atoms with van der Waals surface area (Å²) < 4.78 is 5.10. The van der Waals surface area contributed by atoms with Crippen molar-refractivity contribution < 1.29 is 14.6 Å². The third-order valence-electron chi connectivity index (χ3n) is 3.60. The van der Waals surface area contributed by atoms with Crippen LogP contribution >= 0.6 is 0 Å². The van der Waals surface area contributed by atoms with Gasteiger partial charge in [0.1, 0.15) is 0 Å². The summed E-state index contributed by atoms with van der Waals surface area (Å²) in [6.07, 6.45) is 0.673. The monoisotopic (exact) mass is 278 g/mol. The highest BCUT2D eigenvalue weighted by atomic mass is 16.5. The van der Waals surface area contributed by atoms with E-state index in [4.69, 9.17) is 4.74 Å². The van der Waals surface area contributed by atoms with Crippen molar-refractivity contribution in [1.29, 1.82) is 0 Å². The Kier molecular flexibility index (Phi) is 6.21. The molecule has 0 saturated carbocycles. The molecule has 0 bridgehead atoms. The smallest absolute Gasteiger partial charge is 0.311 e. The van der Waals surface area contributed by atoms with E-state index in [-0.39, 0.29) is 5.97 Å². The van der Waals surface area contributed by atoms with Crippen molar-refractivity contribution in [3.05, 3.63) is 34.4 Å². The number of carbonyl (C=O) groups is 1. The molecule has 0 spiro atoms. The van der Waals surface area contributed by atoms with E-state index < -0.39 is 12.0 Å². The van der Waals surface area contributed by atoms with Crippen LogP contribution in [0.2, 0.25) is 0 Å². The maximum Gasteiger partial charge on any atom is 0.311 e. The largest absolute Gasteiger partial charge is 0.466 e. The van der Waals surface area contributed by atoms with Crippen molar-refractivity contribution in [3.63, 3.8) is 0 Å². The first-order valence-corrected chi connectivity index (χ1v) is 7.34.